The molecule has 5 N–H and O–H groups in total. The van der Waals surface area contributed by atoms with Crippen LogP contribution < -0.4 is 16.2 Å². The highest BCUT2D eigenvalue weighted by Crippen LogP contribution is 2.29. The summed E-state index contributed by atoms with van der Waals surface area (Å²) in [6.07, 6.45) is 1.42. The second-order valence-electron chi connectivity index (χ2n) is 6.59. The van der Waals surface area contributed by atoms with E-state index in [1.807, 2.05) is 12.2 Å². The lowest BCUT2D eigenvalue weighted by molar-refractivity contribution is -0.135. The van der Waals surface area contributed by atoms with Crippen molar-refractivity contribution in [3.05, 3.63) is 55.8 Å². The van der Waals surface area contributed by atoms with Crippen LogP contribution in [0.4, 0.5) is 0 Å². The van der Waals surface area contributed by atoms with Crippen molar-refractivity contribution < 1.29 is 29.7 Å². The van der Waals surface area contributed by atoms with E-state index < -0.39 is 52.6 Å². The van der Waals surface area contributed by atoms with Gasteiger partial charge in [-0.2, -0.15) is 0 Å². The molecule has 0 aliphatic carbocycles. The van der Waals surface area contributed by atoms with Crippen molar-refractivity contribution >= 4 is 33.7 Å². The number of nitrogens with one attached hydrogen (secondary N) is 2. The Bertz CT molecular complexity index is 1070. The molecule has 1 aromatic heterocycles. The van der Waals surface area contributed by atoms with Crippen LogP contribution in [0.2, 0.25) is 0 Å². The number of halogens is 1. The fourth-order valence-electron chi connectivity index (χ4n) is 2.77. The molecule has 1 aromatic carbocycles. The van der Waals surface area contributed by atoms with Gasteiger partial charge in [0.25, 0.3) is 17.4 Å². The molecule has 2 rings (SSSR count). The van der Waals surface area contributed by atoms with Crippen LogP contribution in [0.5, 0.6) is 11.6 Å². The predicted molar refractivity (Wildman–Crippen MR) is 114 cm³/mol. The number of aromatic hydroxyl groups is 2. The molecule has 2 amide bonds. The van der Waals surface area contributed by atoms with Gasteiger partial charge >= 0.3 is 5.97 Å². The number of benzene rings is 1. The number of pyridine rings is 1. The van der Waals surface area contributed by atoms with Crippen molar-refractivity contribution in [3.63, 3.8) is 0 Å². The normalized spacial score (nSPS) is 10.5. The van der Waals surface area contributed by atoms with Crippen LogP contribution in [0.25, 0.3) is 0 Å². The van der Waals surface area contributed by atoms with Gasteiger partial charge in [-0.15, -0.1) is 0 Å². The number of rotatable bonds is 9. The van der Waals surface area contributed by atoms with Crippen molar-refractivity contribution in [2.45, 2.75) is 26.3 Å². The van der Waals surface area contributed by atoms with E-state index in [0.717, 1.165) is 11.0 Å². The molecule has 166 valence electrons. The van der Waals surface area contributed by atoms with Crippen LogP contribution in [0.3, 0.4) is 0 Å². The molecule has 0 radical (unpaired) electrons. The van der Waals surface area contributed by atoms with Crippen molar-refractivity contribution in [2.75, 3.05) is 13.1 Å². The first kappa shape index (κ1) is 23.9. The Kier molecular flexibility index (Phi) is 8.20. The van der Waals surface area contributed by atoms with E-state index in [9.17, 15) is 29.4 Å². The molecule has 31 heavy (non-hydrogen) atoms. The smallest absolute Gasteiger partial charge is 0.322 e. The third-order valence-electron chi connectivity index (χ3n) is 4.37. The number of carboxylic acid groups (broad SMARTS) is 1. The van der Waals surface area contributed by atoms with Gasteiger partial charge in [0.2, 0.25) is 5.88 Å². The molecule has 0 aliphatic rings. The second-order valence-corrected chi connectivity index (χ2v) is 7.45. The molecular formula is C20H22BrN3O7. The van der Waals surface area contributed by atoms with Gasteiger partial charge in [0, 0.05) is 11.0 Å². The lowest BCUT2D eigenvalue weighted by Gasteiger charge is -2.17. The summed E-state index contributed by atoms with van der Waals surface area (Å²) in [5.41, 5.74) is -2.02. The highest BCUT2D eigenvalue weighted by Gasteiger charge is 2.30. The minimum Gasteiger partial charge on any atom is -0.506 e. The Morgan fingerprint density at radius 1 is 1.06 bits per heavy atom. The number of aliphatic carboxylic acids is 1. The van der Waals surface area contributed by atoms with Crippen LogP contribution in [0, 0.1) is 0 Å². The summed E-state index contributed by atoms with van der Waals surface area (Å²) in [6.45, 7) is 1.13. The Morgan fingerprint density at radius 2 is 1.71 bits per heavy atom. The highest BCUT2D eigenvalue weighted by atomic mass is 79.9. The van der Waals surface area contributed by atoms with Crippen LogP contribution >= 0.6 is 15.9 Å². The molecule has 0 spiro atoms. The quantitative estimate of drug-likeness (QED) is 0.329. The number of carboxylic acids is 1. The largest absolute Gasteiger partial charge is 0.506 e. The number of nitrogens with zero attached hydrogens (tertiary/aromatic N) is 1. The fraction of sp³-hybridized carbons (Fsp3) is 0.300. The summed E-state index contributed by atoms with van der Waals surface area (Å²) in [5.74, 6) is -5.27. The molecule has 0 unspecified atom stereocenters. The summed E-state index contributed by atoms with van der Waals surface area (Å²) in [7, 11) is 0. The summed E-state index contributed by atoms with van der Waals surface area (Å²) in [5, 5.41) is 34.4. The van der Waals surface area contributed by atoms with E-state index in [4.69, 9.17) is 5.11 Å². The standard InChI is InChI=1S/C20H22BrN3O7/c1-2-3-8-22-17(28)14-16(27)15(18(29)23-9-13(25)26)20(31)24(19(14)30)10-11-6-4-5-7-12(11)21/h4-7,27,30H,2-3,8-10H2,1H3,(H,22,28)(H,23,29)(H,25,26). The van der Waals surface area contributed by atoms with Gasteiger partial charge < -0.3 is 26.0 Å². The number of hydrogen-bond donors (Lipinski definition) is 5. The molecule has 0 saturated heterocycles. The van der Waals surface area contributed by atoms with Crippen LogP contribution in [0.15, 0.2) is 33.5 Å². The Hall–Kier alpha value is -3.34. The van der Waals surface area contributed by atoms with Gasteiger partial charge in [-0.25, -0.2) is 0 Å². The first-order valence-corrected chi connectivity index (χ1v) is 10.2. The molecule has 1 heterocycles. The van der Waals surface area contributed by atoms with Crippen LogP contribution in [0.1, 0.15) is 46.0 Å². The maximum Gasteiger partial charge on any atom is 0.322 e. The van der Waals surface area contributed by atoms with Gasteiger partial charge in [0.15, 0.2) is 5.75 Å². The molecule has 11 heteroatoms. The van der Waals surface area contributed by atoms with Crippen LogP contribution in [-0.4, -0.2) is 50.8 Å². The number of amides is 2. The van der Waals surface area contributed by atoms with Crippen molar-refractivity contribution in [1.29, 1.82) is 0 Å². The third-order valence-corrected chi connectivity index (χ3v) is 5.14. The summed E-state index contributed by atoms with van der Waals surface area (Å²) < 4.78 is 1.38. The lowest BCUT2D eigenvalue weighted by atomic mass is 10.1. The van der Waals surface area contributed by atoms with Crippen LogP contribution in [-0.2, 0) is 11.3 Å². The van der Waals surface area contributed by atoms with E-state index in [0.29, 0.717) is 16.5 Å². The SMILES string of the molecule is CCCCNC(=O)c1c(O)c(C(=O)NCC(=O)O)c(=O)n(Cc2ccccc2Br)c1O. The summed E-state index contributed by atoms with van der Waals surface area (Å²) >= 11 is 3.32. The Balaban J connectivity index is 2.63. The topological polar surface area (TPSA) is 158 Å². The lowest BCUT2D eigenvalue weighted by Crippen LogP contribution is -2.37. The highest BCUT2D eigenvalue weighted by molar-refractivity contribution is 9.10. The van der Waals surface area contributed by atoms with Gasteiger partial charge in [-0.3, -0.25) is 23.7 Å². The molecule has 0 bridgehead atoms. The molecule has 0 fully saturated rings. The minimum absolute atomic E-state index is 0.221. The number of carbonyl (C=O) groups is 3. The van der Waals surface area contributed by atoms with E-state index >= 15 is 0 Å². The zero-order chi connectivity index (χ0) is 23.1. The molecular weight excluding hydrogens is 474 g/mol. The zero-order valence-electron chi connectivity index (χ0n) is 16.6. The predicted octanol–water partition coefficient (Wildman–Crippen LogP) is 1.41. The average molecular weight is 496 g/mol. The number of carbonyl (C=O) groups excluding carboxylic acids is 2. The molecule has 10 nitrogen and oxygen atoms in total. The fourth-order valence-corrected chi connectivity index (χ4v) is 3.18. The summed E-state index contributed by atoms with van der Waals surface area (Å²) in [6, 6.07) is 6.80. The molecule has 0 atom stereocenters. The molecule has 2 aromatic rings. The summed E-state index contributed by atoms with van der Waals surface area (Å²) in [4.78, 5) is 48.7. The van der Waals surface area contributed by atoms with E-state index in [1.54, 1.807) is 24.3 Å². The number of hydrogen-bond acceptors (Lipinski definition) is 6. The van der Waals surface area contributed by atoms with Gasteiger partial charge in [0.05, 0.1) is 6.54 Å². The van der Waals surface area contributed by atoms with Crippen molar-refractivity contribution in [3.8, 4) is 11.6 Å². The maximum absolute atomic E-state index is 12.9. The first-order chi connectivity index (χ1) is 14.7. The van der Waals surface area contributed by atoms with E-state index in [2.05, 4.69) is 21.2 Å². The minimum atomic E-state index is -1.36. The van der Waals surface area contributed by atoms with Crippen molar-refractivity contribution in [1.82, 2.24) is 15.2 Å². The second kappa shape index (κ2) is 10.6. The Labute approximate surface area is 185 Å². The average Bonchev–Trinajstić information content (AvgIpc) is 2.71. The number of unbranched alkanes of at least 4 members (excludes halogenated alkanes) is 1. The van der Waals surface area contributed by atoms with Gasteiger partial charge in [-0.05, 0) is 18.1 Å². The van der Waals surface area contributed by atoms with Gasteiger partial charge in [-0.1, -0.05) is 47.5 Å². The van der Waals surface area contributed by atoms with Crippen molar-refractivity contribution in [2.24, 2.45) is 0 Å². The van der Waals surface area contributed by atoms with E-state index in [1.165, 1.54) is 0 Å². The zero-order valence-corrected chi connectivity index (χ0v) is 18.2. The third kappa shape index (κ3) is 5.63. The molecule has 0 saturated carbocycles. The van der Waals surface area contributed by atoms with Gasteiger partial charge in [0.1, 0.15) is 17.7 Å². The maximum atomic E-state index is 12.9. The monoisotopic (exact) mass is 495 g/mol. The number of aromatic nitrogens is 1. The van der Waals surface area contributed by atoms with E-state index in [-0.39, 0.29) is 13.1 Å². The first-order valence-electron chi connectivity index (χ1n) is 9.39. The Morgan fingerprint density at radius 3 is 2.32 bits per heavy atom. The molecule has 0 aliphatic heterocycles.